The maximum Gasteiger partial charge on any atom is 0.306 e. The second-order valence-electron chi connectivity index (χ2n) is 16.7. The lowest BCUT2D eigenvalue weighted by atomic mass is 9.32. The van der Waals surface area contributed by atoms with Crippen LogP contribution in [-0.4, -0.2) is 37.7 Å². The first-order chi connectivity index (χ1) is 20.1. The van der Waals surface area contributed by atoms with Gasteiger partial charge >= 0.3 is 17.9 Å². The lowest BCUT2D eigenvalue weighted by Gasteiger charge is -2.73. The second kappa shape index (κ2) is 11.2. The second-order valence-corrected chi connectivity index (χ2v) is 16.7. The van der Waals surface area contributed by atoms with E-state index in [0.29, 0.717) is 36.2 Å². The van der Waals surface area contributed by atoms with Crippen LogP contribution >= 0.6 is 0 Å². The van der Waals surface area contributed by atoms with E-state index in [4.69, 9.17) is 14.2 Å². The molecular formula is C37H58O6. The molecule has 242 valence electrons. The zero-order valence-corrected chi connectivity index (χ0v) is 28.3. The van der Waals surface area contributed by atoms with Crippen LogP contribution in [0.15, 0.2) is 12.2 Å². The van der Waals surface area contributed by atoms with E-state index in [2.05, 4.69) is 48.1 Å². The van der Waals surface area contributed by atoms with Crippen LogP contribution in [0.1, 0.15) is 126 Å². The summed E-state index contributed by atoms with van der Waals surface area (Å²) in [6, 6.07) is 0. The van der Waals surface area contributed by atoms with Gasteiger partial charge in [0.05, 0.1) is 26.6 Å². The fraction of sp³-hybridized carbons (Fsp3) is 0.865. The number of methoxy groups -OCH3 is 1. The summed E-state index contributed by atoms with van der Waals surface area (Å²) in [5, 5.41) is 0. The summed E-state index contributed by atoms with van der Waals surface area (Å²) in [4.78, 5) is 36.3. The van der Waals surface area contributed by atoms with E-state index < -0.39 is 0 Å². The van der Waals surface area contributed by atoms with E-state index in [1.165, 1.54) is 44.8 Å². The van der Waals surface area contributed by atoms with Gasteiger partial charge in [0.15, 0.2) is 0 Å². The summed E-state index contributed by atoms with van der Waals surface area (Å²) in [6.07, 6.45) is 11.6. The van der Waals surface area contributed by atoms with Gasteiger partial charge in [0.2, 0.25) is 0 Å². The van der Waals surface area contributed by atoms with Crippen LogP contribution in [0.5, 0.6) is 0 Å². The summed E-state index contributed by atoms with van der Waals surface area (Å²) in [5.74, 6) is 1.87. The molecule has 5 aliphatic carbocycles. The number of hydrogen-bond acceptors (Lipinski definition) is 6. The Morgan fingerprint density at radius 2 is 1.47 bits per heavy atom. The molecule has 0 amide bonds. The summed E-state index contributed by atoms with van der Waals surface area (Å²) in [6.45, 7) is 21.3. The van der Waals surface area contributed by atoms with E-state index in [1.807, 2.05) is 0 Å². The number of ether oxygens (including phenoxy) is 3. The molecular weight excluding hydrogens is 540 g/mol. The maximum atomic E-state index is 12.7. The number of fused-ring (bicyclic) bond motifs is 7. The van der Waals surface area contributed by atoms with E-state index in [0.717, 1.165) is 32.1 Å². The molecule has 5 fully saturated rings. The minimum Gasteiger partial charge on any atom is -0.469 e. The Bertz CT molecular complexity index is 1140. The third-order valence-electron chi connectivity index (χ3n) is 14.8. The lowest BCUT2D eigenvalue weighted by molar-refractivity contribution is -0.252. The number of rotatable bonds is 7. The molecule has 6 nitrogen and oxygen atoms in total. The zero-order valence-electron chi connectivity index (χ0n) is 28.3. The highest BCUT2D eigenvalue weighted by Gasteiger charge is 2.71. The Morgan fingerprint density at radius 3 is 2.12 bits per heavy atom. The number of hydrogen-bond donors (Lipinski definition) is 0. The van der Waals surface area contributed by atoms with Gasteiger partial charge in [-0.25, -0.2) is 0 Å². The maximum absolute atomic E-state index is 12.7. The van der Waals surface area contributed by atoms with Gasteiger partial charge in [-0.05, 0) is 117 Å². The molecule has 0 radical (unpaired) electrons. The first-order valence-electron chi connectivity index (χ1n) is 17.1. The molecule has 6 heteroatoms. The number of carbonyl (C=O) groups excluding carboxylic acids is 3. The summed E-state index contributed by atoms with van der Waals surface area (Å²) in [7, 11) is 1.35. The minimum atomic E-state index is -0.374. The van der Waals surface area contributed by atoms with Crippen molar-refractivity contribution in [1.29, 1.82) is 0 Å². The predicted molar refractivity (Wildman–Crippen MR) is 167 cm³/mol. The molecule has 5 saturated carbocycles. The van der Waals surface area contributed by atoms with E-state index in [9.17, 15) is 14.4 Å². The average Bonchev–Trinajstić information content (AvgIpc) is 3.32. The zero-order chi connectivity index (χ0) is 31.6. The summed E-state index contributed by atoms with van der Waals surface area (Å²) in [5.41, 5.74) is 1.91. The molecule has 0 aromatic rings. The van der Waals surface area contributed by atoms with Crippen molar-refractivity contribution in [2.24, 2.45) is 56.7 Å². The van der Waals surface area contributed by atoms with Crippen LogP contribution in [0.25, 0.3) is 0 Å². The highest BCUT2D eigenvalue weighted by molar-refractivity contribution is 5.77. The third-order valence-corrected chi connectivity index (χ3v) is 14.8. The van der Waals surface area contributed by atoms with Gasteiger partial charge in [-0.1, -0.05) is 46.8 Å². The third kappa shape index (κ3) is 5.00. The molecule has 0 heterocycles. The van der Waals surface area contributed by atoms with E-state index >= 15 is 0 Å². The monoisotopic (exact) mass is 598 g/mol. The van der Waals surface area contributed by atoms with E-state index in [-0.39, 0.29) is 63.9 Å². The highest BCUT2D eigenvalue weighted by Crippen LogP contribution is 2.77. The molecule has 5 aliphatic rings. The normalized spacial score (nSPS) is 44.6. The molecule has 0 aromatic carbocycles. The van der Waals surface area contributed by atoms with Gasteiger partial charge in [-0.2, -0.15) is 0 Å². The van der Waals surface area contributed by atoms with Gasteiger partial charge in [0, 0.05) is 17.8 Å². The van der Waals surface area contributed by atoms with Gasteiger partial charge < -0.3 is 14.2 Å². The first-order valence-corrected chi connectivity index (χ1v) is 17.1. The van der Waals surface area contributed by atoms with Crippen molar-refractivity contribution in [1.82, 2.24) is 0 Å². The smallest absolute Gasteiger partial charge is 0.306 e. The van der Waals surface area contributed by atoms with Crippen LogP contribution in [0.3, 0.4) is 0 Å². The van der Waals surface area contributed by atoms with Gasteiger partial charge in [0.1, 0.15) is 6.10 Å². The highest BCUT2D eigenvalue weighted by atomic mass is 16.5. The number of carbonyl (C=O) groups is 3. The van der Waals surface area contributed by atoms with Gasteiger partial charge in [0.25, 0.3) is 0 Å². The Labute approximate surface area is 260 Å². The van der Waals surface area contributed by atoms with E-state index in [1.54, 1.807) is 6.92 Å². The molecule has 0 N–H and O–H groups in total. The summed E-state index contributed by atoms with van der Waals surface area (Å²) >= 11 is 0. The molecule has 0 bridgehead atoms. The number of esters is 3. The van der Waals surface area contributed by atoms with Crippen molar-refractivity contribution >= 4 is 17.9 Å². The number of allylic oxidation sites excluding steroid dienone is 1. The molecule has 0 aromatic heterocycles. The Kier molecular flexibility index (Phi) is 8.47. The van der Waals surface area contributed by atoms with Crippen molar-refractivity contribution in [2.75, 3.05) is 13.7 Å². The lowest BCUT2D eigenvalue weighted by Crippen LogP contribution is -2.67. The van der Waals surface area contributed by atoms with Crippen LogP contribution < -0.4 is 0 Å². The molecule has 43 heavy (non-hydrogen) atoms. The Morgan fingerprint density at radius 1 is 0.767 bits per heavy atom. The van der Waals surface area contributed by atoms with Crippen molar-refractivity contribution in [2.45, 2.75) is 132 Å². The van der Waals surface area contributed by atoms with Crippen LogP contribution in [0.2, 0.25) is 0 Å². The fourth-order valence-electron chi connectivity index (χ4n) is 12.5. The van der Waals surface area contributed by atoms with Gasteiger partial charge in [-0.15, -0.1) is 0 Å². The Balaban J connectivity index is 1.42. The van der Waals surface area contributed by atoms with Crippen LogP contribution in [0.4, 0.5) is 0 Å². The predicted octanol–water partition coefficient (Wildman–Crippen LogP) is 8.07. The molecule has 10 atom stereocenters. The molecule has 0 aliphatic heterocycles. The fourth-order valence-corrected chi connectivity index (χ4v) is 12.5. The average molecular weight is 599 g/mol. The van der Waals surface area contributed by atoms with Crippen molar-refractivity contribution in [3.8, 4) is 0 Å². The van der Waals surface area contributed by atoms with Crippen molar-refractivity contribution < 1.29 is 28.6 Å². The standard InChI is InChI=1S/C37H58O6/c1-23(2)25-14-19-37(22-42-31(40)13-12-30(39)41-9)21-20-35(7)26(32(25)37)10-11-28-34(6)17-16-29(43-24(3)38)33(4,5)27(34)15-18-36(28,35)8/h25-29,32H,1,10-22H2,2-9H3/t25-,26+,27+,28+,29-,32+,34-,35+,36+,37+/m0/s1. The SMILES string of the molecule is C=C(C)[C@@H]1CC[C@]2(COC(=O)CCC(=O)OC)CC[C@]3(C)[C@H](CC[C@@H]4[C@@]5(C)CC[C@H](OC(C)=O)C(C)(C)[C@H]5CC[C@]43C)[C@@H]12. The quantitative estimate of drug-likeness (QED) is 0.168. The van der Waals surface area contributed by atoms with Crippen molar-refractivity contribution in [3.63, 3.8) is 0 Å². The van der Waals surface area contributed by atoms with Crippen molar-refractivity contribution in [3.05, 3.63) is 12.2 Å². The summed E-state index contributed by atoms with van der Waals surface area (Å²) < 4.78 is 16.6. The molecule has 0 saturated heterocycles. The Hall–Kier alpha value is -1.85. The van der Waals surface area contributed by atoms with Crippen LogP contribution in [-0.2, 0) is 28.6 Å². The first kappa shape index (κ1) is 32.5. The molecule has 0 unspecified atom stereocenters. The minimum absolute atomic E-state index is 0.000188. The largest absolute Gasteiger partial charge is 0.469 e. The molecule has 0 spiro atoms. The molecule has 5 rings (SSSR count). The topological polar surface area (TPSA) is 78.9 Å². The van der Waals surface area contributed by atoms with Gasteiger partial charge in [-0.3, -0.25) is 14.4 Å². The van der Waals surface area contributed by atoms with Crippen LogP contribution in [0, 0.1) is 56.7 Å².